The SMILES string of the molecule is CS(=O)(=O)N1CCC(C(=O)NCc2ncn[nH]2)CC1. The van der Waals surface area contributed by atoms with Crippen molar-refractivity contribution < 1.29 is 13.2 Å². The summed E-state index contributed by atoms with van der Waals surface area (Å²) in [5.74, 6) is 0.396. The fourth-order valence-electron chi connectivity index (χ4n) is 2.08. The topological polar surface area (TPSA) is 108 Å². The average molecular weight is 287 g/mol. The molecule has 0 bridgehead atoms. The molecular formula is C10H17N5O3S. The first-order chi connectivity index (χ1) is 8.97. The van der Waals surface area contributed by atoms with E-state index in [4.69, 9.17) is 0 Å². The van der Waals surface area contributed by atoms with E-state index in [1.54, 1.807) is 0 Å². The molecule has 1 aliphatic rings. The zero-order chi connectivity index (χ0) is 13.9. The summed E-state index contributed by atoms with van der Waals surface area (Å²) in [6, 6.07) is 0. The van der Waals surface area contributed by atoms with Gasteiger partial charge in [-0.25, -0.2) is 17.7 Å². The second kappa shape index (κ2) is 5.66. The fourth-order valence-corrected chi connectivity index (χ4v) is 2.95. The Morgan fingerprint density at radius 3 is 2.74 bits per heavy atom. The van der Waals surface area contributed by atoms with Crippen molar-refractivity contribution in [2.24, 2.45) is 5.92 Å². The van der Waals surface area contributed by atoms with Gasteiger partial charge in [-0.15, -0.1) is 0 Å². The quantitative estimate of drug-likeness (QED) is 0.745. The molecule has 0 atom stereocenters. The number of aromatic amines is 1. The van der Waals surface area contributed by atoms with Crippen LogP contribution in [0.25, 0.3) is 0 Å². The van der Waals surface area contributed by atoms with Crippen LogP contribution in [0.5, 0.6) is 0 Å². The highest BCUT2D eigenvalue weighted by molar-refractivity contribution is 7.88. The van der Waals surface area contributed by atoms with Crippen LogP contribution in [-0.2, 0) is 21.4 Å². The van der Waals surface area contributed by atoms with Crippen molar-refractivity contribution in [2.75, 3.05) is 19.3 Å². The van der Waals surface area contributed by atoms with Gasteiger partial charge < -0.3 is 5.32 Å². The number of amides is 1. The van der Waals surface area contributed by atoms with E-state index in [0.29, 0.717) is 38.3 Å². The van der Waals surface area contributed by atoms with E-state index in [1.807, 2.05) is 0 Å². The minimum Gasteiger partial charge on any atom is -0.349 e. The molecule has 0 radical (unpaired) electrons. The summed E-state index contributed by atoms with van der Waals surface area (Å²) < 4.78 is 24.1. The predicted molar refractivity (Wildman–Crippen MR) is 67.4 cm³/mol. The number of sulfonamides is 1. The molecule has 2 rings (SSSR count). The monoisotopic (exact) mass is 287 g/mol. The van der Waals surface area contributed by atoms with Crippen molar-refractivity contribution in [1.29, 1.82) is 0 Å². The van der Waals surface area contributed by atoms with Gasteiger partial charge in [-0.2, -0.15) is 5.10 Å². The van der Waals surface area contributed by atoms with E-state index in [0.717, 1.165) is 0 Å². The normalized spacial score (nSPS) is 18.4. The molecule has 9 heteroatoms. The first-order valence-corrected chi connectivity index (χ1v) is 7.88. The molecule has 1 amide bonds. The second-order valence-corrected chi connectivity index (χ2v) is 6.57. The van der Waals surface area contributed by atoms with Gasteiger partial charge in [0.15, 0.2) is 0 Å². The molecule has 2 heterocycles. The predicted octanol–water partition coefficient (Wildman–Crippen LogP) is -0.907. The van der Waals surface area contributed by atoms with Crippen molar-refractivity contribution in [2.45, 2.75) is 19.4 Å². The molecular weight excluding hydrogens is 270 g/mol. The molecule has 106 valence electrons. The summed E-state index contributed by atoms with van der Waals surface area (Å²) in [5, 5.41) is 9.12. The summed E-state index contributed by atoms with van der Waals surface area (Å²) in [6.07, 6.45) is 3.67. The second-order valence-electron chi connectivity index (χ2n) is 4.59. The van der Waals surface area contributed by atoms with Gasteiger partial charge >= 0.3 is 0 Å². The van der Waals surface area contributed by atoms with Gasteiger partial charge in [-0.05, 0) is 12.8 Å². The van der Waals surface area contributed by atoms with Crippen LogP contribution in [0.3, 0.4) is 0 Å². The maximum absolute atomic E-state index is 11.9. The Hall–Kier alpha value is -1.48. The summed E-state index contributed by atoms with van der Waals surface area (Å²) in [4.78, 5) is 15.8. The summed E-state index contributed by atoms with van der Waals surface area (Å²) in [7, 11) is -3.14. The van der Waals surface area contributed by atoms with E-state index in [-0.39, 0.29) is 11.8 Å². The minimum atomic E-state index is -3.14. The lowest BCUT2D eigenvalue weighted by atomic mass is 9.97. The molecule has 1 aromatic rings. The van der Waals surface area contributed by atoms with Crippen LogP contribution < -0.4 is 5.32 Å². The van der Waals surface area contributed by atoms with Crippen LogP contribution in [0.15, 0.2) is 6.33 Å². The molecule has 0 spiro atoms. The van der Waals surface area contributed by atoms with E-state index in [2.05, 4.69) is 20.5 Å². The van der Waals surface area contributed by atoms with Crippen molar-refractivity contribution in [3.05, 3.63) is 12.2 Å². The summed E-state index contributed by atoms with van der Waals surface area (Å²) in [6.45, 7) is 1.11. The minimum absolute atomic E-state index is 0.0652. The highest BCUT2D eigenvalue weighted by Crippen LogP contribution is 2.19. The molecule has 0 aliphatic carbocycles. The molecule has 1 aromatic heterocycles. The Labute approximate surface area is 111 Å². The lowest BCUT2D eigenvalue weighted by Gasteiger charge is -2.29. The molecule has 1 saturated heterocycles. The zero-order valence-corrected chi connectivity index (χ0v) is 11.5. The number of aromatic nitrogens is 3. The molecule has 1 fully saturated rings. The van der Waals surface area contributed by atoms with Crippen molar-refractivity contribution in [1.82, 2.24) is 24.8 Å². The third-order valence-electron chi connectivity index (χ3n) is 3.19. The summed E-state index contributed by atoms with van der Waals surface area (Å²) >= 11 is 0. The lowest BCUT2D eigenvalue weighted by Crippen LogP contribution is -2.42. The van der Waals surface area contributed by atoms with Gasteiger partial charge in [0.2, 0.25) is 15.9 Å². The van der Waals surface area contributed by atoms with Crippen LogP contribution in [-0.4, -0.2) is 53.2 Å². The number of carbonyl (C=O) groups is 1. The summed E-state index contributed by atoms with van der Waals surface area (Å²) in [5.41, 5.74) is 0. The molecule has 8 nitrogen and oxygen atoms in total. The zero-order valence-electron chi connectivity index (χ0n) is 10.7. The van der Waals surface area contributed by atoms with Crippen molar-refractivity contribution in [3.8, 4) is 0 Å². The van der Waals surface area contributed by atoms with Crippen LogP contribution in [0.2, 0.25) is 0 Å². The number of H-pyrrole nitrogens is 1. The van der Waals surface area contributed by atoms with Crippen LogP contribution >= 0.6 is 0 Å². The average Bonchev–Trinajstić information content (AvgIpc) is 2.88. The Morgan fingerprint density at radius 2 is 2.21 bits per heavy atom. The van der Waals surface area contributed by atoms with Gasteiger partial charge in [-0.3, -0.25) is 9.89 Å². The number of nitrogens with one attached hydrogen (secondary N) is 2. The fraction of sp³-hybridized carbons (Fsp3) is 0.700. The number of rotatable bonds is 4. The van der Waals surface area contributed by atoms with E-state index >= 15 is 0 Å². The maximum Gasteiger partial charge on any atom is 0.223 e. The molecule has 0 unspecified atom stereocenters. The smallest absolute Gasteiger partial charge is 0.223 e. The lowest BCUT2D eigenvalue weighted by molar-refractivity contribution is -0.126. The van der Waals surface area contributed by atoms with Gasteiger partial charge in [0.05, 0.1) is 12.8 Å². The molecule has 0 saturated carbocycles. The van der Waals surface area contributed by atoms with E-state index < -0.39 is 10.0 Å². The van der Waals surface area contributed by atoms with Gasteiger partial charge in [0, 0.05) is 19.0 Å². The third kappa shape index (κ3) is 3.74. The molecule has 1 aliphatic heterocycles. The molecule has 19 heavy (non-hydrogen) atoms. The van der Waals surface area contributed by atoms with Gasteiger partial charge in [0.1, 0.15) is 12.2 Å². The highest BCUT2D eigenvalue weighted by atomic mass is 32.2. The Morgan fingerprint density at radius 1 is 1.53 bits per heavy atom. The Balaban J connectivity index is 1.79. The maximum atomic E-state index is 11.9. The molecule has 2 N–H and O–H groups in total. The first kappa shape index (κ1) is 13.9. The highest BCUT2D eigenvalue weighted by Gasteiger charge is 2.28. The number of piperidine rings is 1. The van der Waals surface area contributed by atoms with Crippen molar-refractivity contribution in [3.63, 3.8) is 0 Å². The van der Waals surface area contributed by atoms with E-state index in [9.17, 15) is 13.2 Å². The van der Waals surface area contributed by atoms with Gasteiger partial charge in [0.25, 0.3) is 0 Å². The van der Waals surface area contributed by atoms with Crippen LogP contribution in [0, 0.1) is 5.92 Å². The number of carbonyl (C=O) groups excluding carboxylic acids is 1. The van der Waals surface area contributed by atoms with E-state index in [1.165, 1.54) is 16.9 Å². The third-order valence-corrected chi connectivity index (χ3v) is 4.49. The number of nitrogens with zero attached hydrogens (tertiary/aromatic N) is 3. The van der Waals surface area contributed by atoms with Crippen LogP contribution in [0.4, 0.5) is 0 Å². The standard InChI is InChI=1S/C10H17N5O3S/c1-19(17,18)15-4-2-8(3-5-15)10(16)11-6-9-12-7-13-14-9/h7-8H,2-6H2,1H3,(H,11,16)(H,12,13,14). The van der Waals surface area contributed by atoms with Crippen LogP contribution in [0.1, 0.15) is 18.7 Å². The van der Waals surface area contributed by atoms with Crippen molar-refractivity contribution >= 4 is 15.9 Å². The Kier molecular flexibility index (Phi) is 4.15. The Bertz CT molecular complexity index is 519. The first-order valence-electron chi connectivity index (χ1n) is 6.04. The largest absolute Gasteiger partial charge is 0.349 e. The number of hydrogen-bond acceptors (Lipinski definition) is 5. The van der Waals surface area contributed by atoms with Gasteiger partial charge in [-0.1, -0.05) is 0 Å². The molecule has 0 aromatic carbocycles. The number of hydrogen-bond donors (Lipinski definition) is 2.